The van der Waals surface area contributed by atoms with E-state index in [1.54, 1.807) is 0 Å². The second-order valence-electron chi connectivity index (χ2n) is 10.0. The van der Waals surface area contributed by atoms with Crippen molar-refractivity contribution in [3.05, 3.63) is 77.4 Å². The second-order valence-corrected chi connectivity index (χ2v) is 10.0. The maximum absolute atomic E-state index is 6.28. The number of nitrogens with zero attached hydrogens (tertiary/aromatic N) is 1. The minimum atomic E-state index is 0.0500. The number of ether oxygens (including phenoxy) is 1. The molecule has 0 spiro atoms. The van der Waals surface area contributed by atoms with Gasteiger partial charge in [0.1, 0.15) is 5.75 Å². The van der Waals surface area contributed by atoms with Crippen LogP contribution >= 0.6 is 0 Å². The predicted molar refractivity (Wildman–Crippen MR) is 144 cm³/mol. The minimum Gasteiger partial charge on any atom is -0.493 e. The van der Waals surface area contributed by atoms with Gasteiger partial charge >= 0.3 is 0 Å². The molecule has 0 amide bonds. The van der Waals surface area contributed by atoms with Gasteiger partial charge in [0.05, 0.1) is 6.61 Å². The molecule has 180 valence electrons. The zero-order valence-electron chi connectivity index (χ0n) is 21.5. The highest BCUT2D eigenvalue weighted by Crippen LogP contribution is 2.36. The lowest BCUT2D eigenvalue weighted by Crippen LogP contribution is -2.34. The van der Waals surface area contributed by atoms with Crippen LogP contribution in [-0.2, 0) is 0 Å². The molecule has 1 saturated heterocycles. The smallest absolute Gasteiger partial charge is 0.122 e. The molecule has 0 bridgehead atoms. The first-order chi connectivity index (χ1) is 16.4. The Hall–Kier alpha value is -2.62. The average molecular weight is 457 g/mol. The van der Waals surface area contributed by atoms with E-state index in [9.17, 15) is 0 Å². The van der Waals surface area contributed by atoms with E-state index in [2.05, 4.69) is 93.3 Å². The molecule has 0 saturated carbocycles. The third kappa shape index (κ3) is 5.21. The van der Waals surface area contributed by atoms with Crippen molar-refractivity contribution in [3.63, 3.8) is 0 Å². The molecule has 3 aromatic carbocycles. The van der Waals surface area contributed by atoms with Gasteiger partial charge in [0.15, 0.2) is 0 Å². The van der Waals surface area contributed by atoms with E-state index in [1.807, 2.05) is 6.92 Å². The van der Waals surface area contributed by atoms with Crippen LogP contribution in [0.3, 0.4) is 0 Å². The summed E-state index contributed by atoms with van der Waals surface area (Å²) in [6.45, 7) is 13.0. The molecule has 1 aliphatic heterocycles. The van der Waals surface area contributed by atoms with E-state index >= 15 is 0 Å². The molecule has 4 rings (SSSR count). The van der Waals surface area contributed by atoms with Crippen LogP contribution in [0, 0.1) is 13.8 Å². The summed E-state index contributed by atoms with van der Waals surface area (Å²) in [5.41, 5.74) is 14.7. The van der Waals surface area contributed by atoms with Gasteiger partial charge in [-0.05, 0) is 98.9 Å². The van der Waals surface area contributed by atoms with Crippen LogP contribution in [0.1, 0.15) is 62.8 Å². The summed E-state index contributed by atoms with van der Waals surface area (Å²) in [6.07, 6.45) is 3.69. The fourth-order valence-electron chi connectivity index (χ4n) is 5.39. The standard InChI is InChI=1S/C31H40N2O/c1-21-13-14-22(2)33(21)19-8-20-34-31-12-7-11-30(24(31)4)29-10-6-9-28(23(29)3)27-17-15-26(16-18-27)25(5)32/h6-7,9-12,15-18,21-22,25H,8,13-14,19-20,32H2,1-5H3/t21-,22-,25?/m1/s1. The Labute approximate surface area is 205 Å². The highest BCUT2D eigenvalue weighted by molar-refractivity contribution is 5.80. The molecule has 3 nitrogen and oxygen atoms in total. The van der Waals surface area contributed by atoms with Gasteiger partial charge in [0.25, 0.3) is 0 Å². The molecule has 1 aliphatic rings. The topological polar surface area (TPSA) is 38.5 Å². The van der Waals surface area contributed by atoms with Crippen molar-refractivity contribution in [2.45, 2.75) is 72.0 Å². The largest absolute Gasteiger partial charge is 0.493 e. The van der Waals surface area contributed by atoms with E-state index in [-0.39, 0.29) is 6.04 Å². The molecular formula is C31H40N2O. The first kappa shape index (κ1) is 24.5. The molecule has 34 heavy (non-hydrogen) atoms. The Morgan fingerprint density at radius 3 is 2.09 bits per heavy atom. The van der Waals surface area contributed by atoms with Crippen molar-refractivity contribution in [3.8, 4) is 28.0 Å². The Morgan fingerprint density at radius 2 is 1.44 bits per heavy atom. The highest BCUT2D eigenvalue weighted by atomic mass is 16.5. The lowest BCUT2D eigenvalue weighted by atomic mass is 9.90. The van der Waals surface area contributed by atoms with Crippen molar-refractivity contribution in [2.75, 3.05) is 13.2 Å². The van der Waals surface area contributed by atoms with Crippen LogP contribution in [0.4, 0.5) is 0 Å². The number of hydrogen-bond acceptors (Lipinski definition) is 3. The molecular weight excluding hydrogens is 416 g/mol. The number of rotatable bonds is 8. The Balaban J connectivity index is 1.50. The third-order valence-electron chi connectivity index (χ3n) is 7.61. The van der Waals surface area contributed by atoms with Gasteiger partial charge in [-0.3, -0.25) is 4.90 Å². The molecule has 0 radical (unpaired) electrons. The van der Waals surface area contributed by atoms with Crippen molar-refractivity contribution in [1.29, 1.82) is 0 Å². The van der Waals surface area contributed by atoms with Crippen LogP contribution in [0.5, 0.6) is 5.75 Å². The molecule has 3 atom stereocenters. The average Bonchev–Trinajstić information content (AvgIpc) is 3.15. The summed E-state index contributed by atoms with van der Waals surface area (Å²) >= 11 is 0. The third-order valence-corrected chi connectivity index (χ3v) is 7.61. The fraction of sp³-hybridized carbons (Fsp3) is 0.419. The number of hydrogen-bond donors (Lipinski definition) is 1. The van der Waals surface area contributed by atoms with E-state index in [4.69, 9.17) is 10.5 Å². The van der Waals surface area contributed by atoms with Crippen LogP contribution in [0.15, 0.2) is 60.7 Å². The first-order valence-corrected chi connectivity index (χ1v) is 12.8. The molecule has 3 heteroatoms. The van der Waals surface area contributed by atoms with Crippen LogP contribution in [-0.4, -0.2) is 30.1 Å². The maximum Gasteiger partial charge on any atom is 0.122 e. The van der Waals surface area contributed by atoms with Gasteiger partial charge in [-0.25, -0.2) is 0 Å². The zero-order chi connectivity index (χ0) is 24.2. The summed E-state index contributed by atoms with van der Waals surface area (Å²) in [5, 5.41) is 0. The summed E-state index contributed by atoms with van der Waals surface area (Å²) < 4.78 is 6.28. The van der Waals surface area contributed by atoms with Gasteiger partial charge in [-0.15, -0.1) is 0 Å². The zero-order valence-corrected chi connectivity index (χ0v) is 21.5. The molecule has 1 unspecified atom stereocenters. The van der Waals surface area contributed by atoms with E-state index < -0.39 is 0 Å². The number of benzene rings is 3. The van der Waals surface area contributed by atoms with Crippen LogP contribution in [0.2, 0.25) is 0 Å². The number of nitrogens with two attached hydrogens (primary N) is 1. The summed E-state index contributed by atoms with van der Waals surface area (Å²) in [5.74, 6) is 0.992. The van der Waals surface area contributed by atoms with Gasteiger partial charge in [0.2, 0.25) is 0 Å². The van der Waals surface area contributed by atoms with Crippen LogP contribution in [0.25, 0.3) is 22.3 Å². The summed E-state index contributed by atoms with van der Waals surface area (Å²) in [7, 11) is 0. The molecule has 1 fully saturated rings. The van der Waals surface area contributed by atoms with Crippen molar-refractivity contribution >= 4 is 0 Å². The number of likely N-dealkylation sites (tertiary alicyclic amines) is 1. The monoisotopic (exact) mass is 456 g/mol. The lowest BCUT2D eigenvalue weighted by Gasteiger charge is -2.25. The van der Waals surface area contributed by atoms with Gasteiger partial charge in [0, 0.05) is 24.7 Å². The van der Waals surface area contributed by atoms with E-state index in [0.29, 0.717) is 12.1 Å². The summed E-state index contributed by atoms with van der Waals surface area (Å²) in [6, 6.07) is 23.1. The van der Waals surface area contributed by atoms with Gasteiger partial charge in [-0.2, -0.15) is 0 Å². The Kier molecular flexibility index (Phi) is 7.75. The Morgan fingerprint density at radius 1 is 0.853 bits per heavy atom. The van der Waals surface area contributed by atoms with E-state index in [0.717, 1.165) is 30.9 Å². The SMILES string of the molecule is Cc1c(OCCCN2[C@H](C)CC[C@H]2C)cccc1-c1cccc(-c2ccc(C(C)N)cc2)c1C. The molecule has 0 aromatic heterocycles. The molecule has 3 aromatic rings. The van der Waals surface area contributed by atoms with Gasteiger partial charge in [-0.1, -0.05) is 54.6 Å². The molecule has 0 aliphatic carbocycles. The first-order valence-electron chi connectivity index (χ1n) is 12.8. The van der Waals surface area contributed by atoms with E-state index in [1.165, 1.54) is 46.2 Å². The summed E-state index contributed by atoms with van der Waals surface area (Å²) in [4.78, 5) is 2.63. The van der Waals surface area contributed by atoms with Crippen LogP contribution < -0.4 is 10.5 Å². The molecule has 1 heterocycles. The van der Waals surface area contributed by atoms with Crippen molar-refractivity contribution in [1.82, 2.24) is 4.90 Å². The highest BCUT2D eigenvalue weighted by Gasteiger charge is 2.26. The fourth-order valence-corrected chi connectivity index (χ4v) is 5.39. The predicted octanol–water partition coefficient (Wildman–Crippen LogP) is 7.30. The molecule has 2 N–H and O–H groups in total. The quantitative estimate of drug-likeness (QED) is 0.361. The Bertz CT molecular complexity index is 1090. The van der Waals surface area contributed by atoms with Gasteiger partial charge < -0.3 is 10.5 Å². The van der Waals surface area contributed by atoms with Crippen molar-refractivity contribution in [2.24, 2.45) is 5.73 Å². The minimum absolute atomic E-state index is 0.0500. The lowest BCUT2D eigenvalue weighted by molar-refractivity contribution is 0.191. The normalized spacial score (nSPS) is 19.4. The maximum atomic E-state index is 6.28. The second kappa shape index (κ2) is 10.8. The van der Waals surface area contributed by atoms with Crippen molar-refractivity contribution < 1.29 is 4.74 Å².